The first-order valence-corrected chi connectivity index (χ1v) is 6.65. The molecule has 0 unspecified atom stereocenters. The number of carbonyl (C=O) groups is 1. The van der Waals surface area contributed by atoms with Crippen LogP contribution in [-0.4, -0.2) is 28.5 Å². The maximum absolute atomic E-state index is 12.0. The van der Waals surface area contributed by atoms with Gasteiger partial charge in [0.1, 0.15) is 5.75 Å². The van der Waals surface area contributed by atoms with Gasteiger partial charge >= 0.3 is 6.61 Å². The number of hydrogen-bond donors (Lipinski definition) is 1. The quantitative estimate of drug-likeness (QED) is 0.890. The predicted molar refractivity (Wildman–Crippen MR) is 75.7 cm³/mol. The number of alkyl halides is 2. The highest BCUT2D eigenvalue weighted by Gasteiger charge is 2.12. The first-order chi connectivity index (χ1) is 10.5. The van der Waals surface area contributed by atoms with Gasteiger partial charge in [0.2, 0.25) is 0 Å². The number of rotatable bonds is 6. The lowest BCUT2D eigenvalue weighted by atomic mass is 10.1. The van der Waals surface area contributed by atoms with Crippen molar-refractivity contribution >= 4 is 5.91 Å². The number of aromatic nitrogens is 2. The van der Waals surface area contributed by atoms with E-state index in [0.717, 1.165) is 5.69 Å². The predicted octanol–water partition coefficient (Wildman–Crippen LogP) is 2.44. The standard InChI is InChI=1S/C15H15F2N3O2/c1-10(8-12-9-18-6-7-19-12)20-14(21)11-2-4-13(5-3-11)22-15(16)17/h2-7,9-10,15H,8H2,1H3,(H,20,21)/t10-/m1/s1. The maximum atomic E-state index is 12.0. The minimum Gasteiger partial charge on any atom is -0.435 e. The number of ether oxygens (including phenoxy) is 1. The van der Waals surface area contributed by atoms with Gasteiger partial charge in [-0.15, -0.1) is 0 Å². The monoisotopic (exact) mass is 307 g/mol. The molecule has 1 aromatic carbocycles. The molecule has 1 atom stereocenters. The summed E-state index contributed by atoms with van der Waals surface area (Å²) in [6.45, 7) is -1.03. The summed E-state index contributed by atoms with van der Waals surface area (Å²) >= 11 is 0. The first kappa shape index (κ1) is 15.8. The fraction of sp³-hybridized carbons (Fsp3) is 0.267. The minimum atomic E-state index is -2.88. The van der Waals surface area contributed by atoms with E-state index >= 15 is 0 Å². The number of carbonyl (C=O) groups excluding carboxylic acids is 1. The number of nitrogens with one attached hydrogen (secondary N) is 1. The zero-order chi connectivity index (χ0) is 15.9. The van der Waals surface area contributed by atoms with Gasteiger partial charge in [-0.05, 0) is 31.2 Å². The molecule has 0 aliphatic carbocycles. The van der Waals surface area contributed by atoms with Gasteiger partial charge < -0.3 is 10.1 Å². The van der Waals surface area contributed by atoms with Crippen molar-refractivity contribution in [2.45, 2.75) is 26.0 Å². The van der Waals surface area contributed by atoms with Crippen molar-refractivity contribution in [1.82, 2.24) is 15.3 Å². The van der Waals surface area contributed by atoms with Gasteiger partial charge in [0.15, 0.2) is 0 Å². The molecule has 1 heterocycles. The fourth-order valence-electron chi connectivity index (χ4n) is 1.89. The number of halogens is 2. The zero-order valence-electron chi connectivity index (χ0n) is 11.9. The van der Waals surface area contributed by atoms with Gasteiger partial charge in [0, 0.05) is 36.6 Å². The van der Waals surface area contributed by atoms with E-state index in [9.17, 15) is 13.6 Å². The van der Waals surface area contributed by atoms with Crippen LogP contribution in [-0.2, 0) is 6.42 Å². The largest absolute Gasteiger partial charge is 0.435 e. The first-order valence-electron chi connectivity index (χ1n) is 6.65. The van der Waals surface area contributed by atoms with Crippen molar-refractivity contribution in [3.05, 3.63) is 54.1 Å². The molecule has 2 rings (SSSR count). The third-order valence-corrected chi connectivity index (χ3v) is 2.85. The Hall–Kier alpha value is -2.57. The van der Waals surface area contributed by atoms with Crippen molar-refractivity contribution in [3.63, 3.8) is 0 Å². The summed E-state index contributed by atoms with van der Waals surface area (Å²) in [4.78, 5) is 20.1. The van der Waals surface area contributed by atoms with Gasteiger partial charge in [0.25, 0.3) is 5.91 Å². The smallest absolute Gasteiger partial charge is 0.387 e. The molecule has 22 heavy (non-hydrogen) atoms. The lowest BCUT2D eigenvalue weighted by molar-refractivity contribution is -0.0498. The SMILES string of the molecule is C[C@H](Cc1cnccn1)NC(=O)c1ccc(OC(F)F)cc1. The molecule has 0 spiro atoms. The molecule has 0 aliphatic rings. The lowest BCUT2D eigenvalue weighted by Crippen LogP contribution is -2.34. The van der Waals surface area contributed by atoms with Gasteiger partial charge in [-0.25, -0.2) is 0 Å². The normalized spacial score (nSPS) is 12.0. The van der Waals surface area contributed by atoms with E-state index in [0.29, 0.717) is 12.0 Å². The number of hydrogen-bond acceptors (Lipinski definition) is 4. The van der Waals surface area contributed by atoms with Crippen LogP contribution in [0.4, 0.5) is 8.78 Å². The number of nitrogens with zero attached hydrogens (tertiary/aromatic N) is 2. The maximum Gasteiger partial charge on any atom is 0.387 e. The third-order valence-electron chi connectivity index (χ3n) is 2.85. The molecule has 0 fully saturated rings. The Morgan fingerprint density at radius 2 is 2.00 bits per heavy atom. The van der Waals surface area contributed by atoms with Crippen LogP contribution in [0.3, 0.4) is 0 Å². The van der Waals surface area contributed by atoms with Crippen LogP contribution in [0.25, 0.3) is 0 Å². The summed E-state index contributed by atoms with van der Waals surface area (Å²) in [5.74, 6) is -0.279. The van der Waals surface area contributed by atoms with Crippen molar-refractivity contribution < 1.29 is 18.3 Å². The van der Waals surface area contributed by atoms with Crippen LogP contribution < -0.4 is 10.1 Å². The molecule has 0 aliphatic heterocycles. The molecule has 1 aromatic heterocycles. The second-order valence-electron chi connectivity index (χ2n) is 4.68. The van der Waals surface area contributed by atoms with Gasteiger partial charge in [0.05, 0.1) is 5.69 Å². The van der Waals surface area contributed by atoms with E-state index in [1.807, 2.05) is 6.92 Å². The van der Waals surface area contributed by atoms with Crippen LogP contribution in [0.1, 0.15) is 23.0 Å². The van der Waals surface area contributed by atoms with E-state index in [2.05, 4.69) is 20.0 Å². The van der Waals surface area contributed by atoms with Crippen LogP contribution in [0.5, 0.6) is 5.75 Å². The third kappa shape index (κ3) is 4.76. The van der Waals surface area contributed by atoms with E-state index in [1.165, 1.54) is 24.3 Å². The number of amides is 1. The Balaban J connectivity index is 1.91. The molecular weight excluding hydrogens is 292 g/mol. The Labute approximate surface area is 126 Å². The van der Waals surface area contributed by atoms with Crippen LogP contribution in [0.15, 0.2) is 42.9 Å². The van der Waals surface area contributed by atoms with Crippen molar-refractivity contribution in [3.8, 4) is 5.75 Å². The molecule has 7 heteroatoms. The topological polar surface area (TPSA) is 64.1 Å². The second-order valence-corrected chi connectivity index (χ2v) is 4.68. The van der Waals surface area contributed by atoms with E-state index < -0.39 is 6.61 Å². The summed E-state index contributed by atoms with van der Waals surface area (Å²) in [6.07, 6.45) is 5.35. The Morgan fingerprint density at radius 1 is 1.27 bits per heavy atom. The van der Waals surface area contributed by atoms with E-state index in [1.54, 1.807) is 18.6 Å². The Kier molecular flexibility index (Phi) is 5.35. The van der Waals surface area contributed by atoms with Gasteiger partial charge in [-0.2, -0.15) is 8.78 Å². The van der Waals surface area contributed by atoms with Crippen LogP contribution in [0.2, 0.25) is 0 Å². The average molecular weight is 307 g/mol. The minimum absolute atomic E-state index is 0.0131. The highest BCUT2D eigenvalue weighted by molar-refractivity contribution is 5.94. The van der Waals surface area contributed by atoms with Crippen LogP contribution in [0, 0.1) is 0 Å². The molecular formula is C15H15F2N3O2. The highest BCUT2D eigenvalue weighted by Crippen LogP contribution is 2.15. The second kappa shape index (κ2) is 7.44. The molecule has 0 radical (unpaired) electrons. The molecule has 1 N–H and O–H groups in total. The highest BCUT2D eigenvalue weighted by atomic mass is 19.3. The summed E-state index contributed by atoms with van der Waals surface area (Å²) in [6, 6.07) is 5.38. The van der Waals surface area contributed by atoms with Crippen molar-refractivity contribution in [1.29, 1.82) is 0 Å². The molecule has 0 saturated carbocycles. The van der Waals surface area contributed by atoms with E-state index in [4.69, 9.17) is 0 Å². The van der Waals surface area contributed by atoms with Gasteiger partial charge in [-0.3, -0.25) is 14.8 Å². The molecule has 1 amide bonds. The average Bonchev–Trinajstić information content (AvgIpc) is 2.48. The molecule has 2 aromatic rings. The van der Waals surface area contributed by atoms with Crippen LogP contribution >= 0.6 is 0 Å². The molecule has 116 valence electrons. The Morgan fingerprint density at radius 3 is 2.59 bits per heavy atom. The van der Waals surface area contributed by atoms with Crippen molar-refractivity contribution in [2.24, 2.45) is 0 Å². The summed E-state index contributed by atoms with van der Waals surface area (Å²) in [5.41, 5.74) is 1.14. The Bertz CT molecular complexity index is 606. The van der Waals surface area contributed by atoms with Crippen molar-refractivity contribution in [2.75, 3.05) is 0 Å². The number of benzene rings is 1. The summed E-state index contributed by atoms with van der Waals surface area (Å²) in [5, 5.41) is 2.81. The van der Waals surface area contributed by atoms with E-state index in [-0.39, 0.29) is 17.7 Å². The molecule has 5 nitrogen and oxygen atoms in total. The van der Waals surface area contributed by atoms with Gasteiger partial charge in [-0.1, -0.05) is 0 Å². The molecule has 0 saturated heterocycles. The summed E-state index contributed by atoms with van der Waals surface area (Å²) < 4.78 is 28.3. The zero-order valence-corrected chi connectivity index (χ0v) is 11.9. The lowest BCUT2D eigenvalue weighted by Gasteiger charge is -2.13. The summed E-state index contributed by atoms with van der Waals surface area (Å²) in [7, 11) is 0. The molecule has 0 bridgehead atoms. The fourth-order valence-corrected chi connectivity index (χ4v) is 1.89.